The molecule has 0 bridgehead atoms. The molecule has 4 heterocycles. The van der Waals surface area contributed by atoms with Crippen LogP contribution in [0.15, 0.2) is 43.0 Å². The smallest absolute Gasteiger partial charge is 0.144 e. The van der Waals surface area contributed by atoms with Crippen molar-refractivity contribution in [2.45, 2.75) is 13.0 Å². The third kappa shape index (κ3) is 2.69. The molecule has 4 aromatic heterocycles. The summed E-state index contributed by atoms with van der Waals surface area (Å²) in [7, 11) is 0. The van der Waals surface area contributed by atoms with E-state index < -0.39 is 0 Å². The lowest BCUT2D eigenvalue weighted by atomic mass is 10.1. The second-order valence-electron chi connectivity index (χ2n) is 5.36. The molecule has 5 nitrogen and oxygen atoms in total. The lowest BCUT2D eigenvalue weighted by molar-refractivity contribution is 1.06. The van der Waals surface area contributed by atoms with Crippen LogP contribution in [0.3, 0.4) is 0 Å². The van der Waals surface area contributed by atoms with Crippen molar-refractivity contribution in [1.82, 2.24) is 19.9 Å². The van der Waals surface area contributed by atoms with Gasteiger partial charge in [0, 0.05) is 53.6 Å². The number of halogens is 1. The van der Waals surface area contributed by atoms with Crippen LogP contribution in [-0.4, -0.2) is 19.9 Å². The van der Waals surface area contributed by atoms with E-state index in [1.807, 2.05) is 18.3 Å². The standard InChI is InChI=1S/C17H14ClN5S/c18-15-14(6-11-8-22-16-12(11)2-1-4-21-16)24-17(23-15)13-9-20-5-3-10(13)7-19/h1-5,8-9H,6-7,19H2,(H,21,22). The van der Waals surface area contributed by atoms with E-state index in [0.717, 1.165) is 37.6 Å². The van der Waals surface area contributed by atoms with Crippen molar-refractivity contribution >= 4 is 34.0 Å². The summed E-state index contributed by atoms with van der Waals surface area (Å²) < 4.78 is 0. The summed E-state index contributed by atoms with van der Waals surface area (Å²) in [5.41, 5.74) is 9.80. The Morgan fingerprint density at radius 2 is 2.12 bits per heavy atom. The second-order valence-corrected chi connectivity index (χ2v) is 6.80. The highest BCUT2D eigenvalue weighted by Gasteiger charge is 2.15. The first-order valence-corrected chi connectivity index (χ1v) is 8.65. The Bertz CT molecular complexity index is 1010. The molecule has 4 aromatic rings. The number of hydrogen-bond acceptors (Lipinski definition) is 5. The summed E-state index contributed by atoms with van der Waals surface area (Å²) >= 11 is 7.96. The number of rotatable bonds is 4. The van der Waals surface area contributed by atoms with Crippen molar-refractivity contribution < 1.29 is 0 Å². The predicted octanol–water partition coefficient (Wildman–Crippen LogP) is 3.78. The largest absolute Gasteiger partial charge is 0.346 e. The fourth-order valence-electron chi connectivity index (χ4n) is 2.68. The van der Waals surface area contributed by atoms with Crippen LogP contribution in [-0.2, 0) is 13.0 Å². The fourth-order valence-corrected chi connectivity index (χ4v) is 4.02. The van der Waals surface area contributed by atoms with Crippen LogP contribution < -0.4 is 5.73 Å². The molecule has 7 heteroatoms. The number of nitrogens with one attached hydrogen (secondary N) is 1. The van der Waals surface area contributed by atoms with Crippen LogP contribution in [0, 0.1) is 0 Å². The van der Waals surface area contributed by atoms with E-state index in [9.17, 15) is 0 Å². The van der Waals surface area contributed by atoms with Crippen LogP contribution in [0.5, 0.6) is 0 Å². The van der Waals surface area contributed by atoms with Crippen molar-refractivity contribution in [2.75, 3.05) is 0 Å². The normalized spacial score (nSPS) is 11.2. The molecule has 4 rings (SSSR count). The number of H-pyrrole nitrogens is 1. The summed E-state index contributed by atoms with van der Waals surface area (Å²) in [5.74, 6) is 0. The van der Waals surface area contributed by atoms with Crippen molar-refractivity contribution in [3.8, 4) is 10.6 Å². The Labute approximate surface area is 147 Å². The number of aromatic nitrogens is 4. The molecule has 0 aliphatic rings. The summed E-state index contributed by atoms with van der Waals surface area (Å²) in [6.07, 6.45) is 7.98. The maximum atomic E-state index is 6.38. The number of nitrogens with two attached hydrogens (primary N) is 1. The molecule has 0 unspecified atom stereocenters. The third-order valence-corrected chi connectivity index (χ3v) is 5.41. The van der Waals surface area contributed by atoms with Gasteiger partial charge >= 0.3 is 0 Å². The topological polar surface area (TPSA) is 80.5 Å². The minimum Gasteiger partial charge on any atom is -0.346 e. The number of hydrogen-bond donors (Lipinski definition) is 2. The molecule has 0 spiro atoms. The van der Waals surface area contributed by atoms with Gasteiger partial charge in [0.25, 0.3) is 0 Å². The molecular formula is C17H14ClN5S. The first-order chi connectivity index (χ1) is 11.8. The second kappa shape index (κ2) is 6.32. The molecule has 0 amide bonds. The zero-order chi connectivity index (χ0) is 16.5. The zero-order valence-corrected chi connectivity index (χ0v) is 14.2. The number of fused-ring (bicyclic) bond motifs is 1. The minimum atomic E-state index is 0.443. The number of thiazole rings is 1. The van der Waals surface area contributed by atoms with Gasteiger partial charge in [-0.25, -0.2) is 9.97 Å². The maximum Gasteiger partial charge on any atom is 0.144 e. The molecule has 0 saturated heterocycles. The highest BCUT2D eigenvalue weighted by molar-refractivity contribution is 7.15. The van der Waals surface area contributed by atoms with E-state index in [0.29, 0.717) is 18.1 Å². The first kappa shape index (κ1) is 15.3. The van der Waals surface area contributed by atoms with Crippen LogP contribution in [0.2, 0.25) is 5.15 Å². The van der Waals surface area contributed by atoms with Crippen molar-refractivity contribution in [3.63, 3.8) is 0 Å². The summed E-state index contributed by atoms with van der Waals surface area (Å²) in [6, 6.07) is 5.90. The van der Waals surface area contributed by atoms with Gasteiger partial charge in [-0.1, -0.05) is 11.6 Å². The van der Waals surface area contributed by atoms with Gasteiger partial charge in [0.1, 0.15) is 15.8 Å². The summed E-state index contributed by atoms with van der Waals surface area (Å²) in [4.78, 5) is 17.2. The zero-order valence-electron chi connectivity index (χ0n) is 12.7. The highest BCUT2D eigenvalue weighted by Crippen LogP contribution is 2.34. The van der Waals surface area contributed by atoms with Gasteiger partial charge < -0.3 is 10.7 Å². The summed E-state index contributed by atoms with van der Waals surface area (Å²) in [5, 5.41) is 2.48. The van der Waals surface area contributed by atoms with E-state index >= 15 is 0 Å². The predicted molar refractivity (Wildman–Crippen MR) is 97.1 cm³/mol. The average molecular weight is 356 g/mol. The van der Waals surface area contributed by atoms with Crippen LogP contribution >= 0.6 is 22.9 Å². The molecule has 24 heavy (non-hydrogen) atoms. The highest BCUT2D eigenvalue weighted by atomic mass is 35.5. The fraction of sp³-hybridized carbons (Fsp3) is 0.118. The van der Waals surface area contributed by atoms with Crippen molar-refractivity contribution in [1.29, 1.82) is 0 Å². The van der Waals surface area contributed by atoms with Crippen molar-refractivity contribution in [2.24, 2.45) is 5.73 Å². The Hall–Kier alpha value is -2.28. The lowest BCUT2D eigenvalue weighted by Crippen LogP contribution is -1.99. The Kier molecular flexibility index (Phi) is 4.02. The number of pyridine rings is 2. The number of nitrogens with zero attached hydrogens (tertiary/aromatic N) is 3. The molecule has 0 saturated carbocycles. The lowest BCUT2D eigenvalue weighted by Gasteiger charge is -2.02. The maximum absolute atomic E-state index is 6.38. The van der Waals surface area contributed by atoms with E-state index in [1.165, 1.54) is 0 Å². The van der Waals surface area contributed by atoms with Gasteiger partial charge in [0.05, 0.1) is 0 Å². The molecular weight excluding hydrogens is 342 g/mol. The first-order valence-electron chi connectivity index (χ1n) is 7.45. The van der Waals surface area contributed by atoms with E-state index in [-0.39, 0.29) is 0 Å². The van der Waals surface area contributed by atoms with Gasteiger partial charge in [-0.3, -0.25) is 4.98 Å². The Morgan fingerprint density at radius 1 is 1.21 bits per heavy atom. The van der Waals surface area contributed by atoms with Crippen LogP contribution in [0.1, 0.15) is 16.0 Å². The van der Waals surface area contributed by atoms with Crippen LogP contribution in [0.25, 0.3) is 21.6 Å². The van der Waals surface area contributed by atoms with Gasteiger partial charge in [0.2, 0.25) is 0 Å². The minimum absolute atomic E-state index is 0.443. The third-order valence-electron chi connectivity index (χ3n) is 3.90. The SMILES string of the molecule is NCc1ccncc1-c1nc(Cl)c(Cc2c[nH]c3ncccc23)s1. The molecule has 0 aromatic carbocycles. The molecule has 0 aliphatic heterocycles. The molecule has 120 valence electrons. The van der Waals surface area contributed by atoms with Gasteiger partial charge in [-0.05, 0) is 29.3 Å². The van der Waals surface area contributed by atoms with Gasteiger partial charge in [-0.15, -0.1) is 11.3 Å². The van der Waals surface area contributed by atoms with Gasteiger partial charge in [0.15, 0.2) is 0 Å². The van der Waals surface area contributed by atoms with Gasteiger partial charge in [-0.2, -0.15) is 0 Å². The molecule has 0 radical (unpaired) electrons. The monoisotopic (exact) mass is 355 g/mol. The average Bonchev–Trinajstić information content (AvgIpc) is 3.19. The Balaban J connectivity index is 1.71. The molecule has 0 fully saturated rings. The molecule has 0 aliphatic carbocycles. The number of aromatic amines is 1. The van der Waals surface area contributed by atoms with Crippen LogP contribution in [0.4, 0.5) is 0 Å². The quantitative estimate of drug-likeness (QED) is 0.583. The molecule has 0 atom stereocenters. The summed E-state index contributed by atoms with van der Waals surface area (Å²) in [6.45, 7) is 0.443. The van der Waals surface area contributed by atoms with E-state index in [1.54, 1.807) is 29.9 Å². The molecule has 3 N–H and O–H groups in total. The Morgan fingerprint density at radius 3 is 3.00 bits per heavy atom. The van der Waals surface area contributed by atoms with E-state index in [4.69, 9.17) is 17.3 Å². The van der Waals surface area contributed by atoms with Crippen molar-refractivity contribution in [3.05, 3.63) is 64.1 Å². The van der Waals surface area contributed by atoms with E-state index in [2.05, 4.69) is 26.0 Å².